The molecule has 0 fully saturated rings. The largest absolute Gasteiger partial charge is 0.460 e. The fraction of sp³-hybridized carbons (Fsp3) is 0.500. The van der Waals surface area contributed by atoms with Gasteiger partial charge in [0.15, 0.2) is 0 Å². The second kappa shape index (κ2) is 5.63. The van der Waals surface area contributed by atoms with Crippen molar-refractivity contribution in [3.8, 4) is 0 Å². The average Bonchev–Trinajstić information content (AvgIpc) is 2.23. The topological polar surface area (TPSA) is 26.3 Å². The first-order valence-corrected chi connectivity index (χ1v) is 5.93. The zero-order valence-electron chi connectivity index (χ0n) is 11.1. The molecular formula is C14H17F3O2. The molecule has 106 valence electrons. The Labute approximate surface area is 110 Å². The predicted molar refractivity (Wildman–Crippen MR) is 65.7 cm³/mol. The number of rotatable bonds is 3. The summed E-state index contributed by atoms with van der Waals surface area (Å²) < 4.78 is 43.9. The molecule has 0 N–H and O–H groups in total. The molecule has 1 unspecified atom stereocenters. The third kappa shape index (κ3) is 5.32. The summed E-state index contributed by atoms with van der Waals surface area (Å²) in [6.07, 6.45) is -5.18. The maximum Gasteiger partial charge on any atom is 0.396 e. The highest BCUT2D eigenvalue weighted by molar-refractivity contribution is 5.71. The minimum atomic E-state index is -4.47. The highest BCUT2D eigenvalue weighted by Crippen LogP contribution is 2.37. The lowest BCUT2D eigenvalue weighted by atomic mass is 9.95. The van der Waals surface area contributed by atoms with E-state index >= 15 is 0 Å². The Hall–Kier alpha value is -1.52. The Balaban J connectivity index is 2.87. The minimum absolute atomic E-state index is 0.0702. The van der Waals surface area contributed by atoms with Gasteiger partial charge in [0.2, 0.25) is 0 Å². The van der Waals surface area contributed by atoms with Gasteiger partial charge in [-0.15, -0.1) is 0 Å². The average molecular weight is 274 g/mol. The highest BCUT2D eigenvalue weighted by Gasteiger charge is 2.42. The number of ether oxygens (including phenoxy) is 1. The van der Waals surface area contributed by atoms with Crippen LogP contribution in [0.3, 0.4) is 0 Å². The first-order valence-electron chi connectivity index (χ1n) is 5.93. The van der Waals surface area contributed by atoms with Crippen molar-refractivity contribution < 1.29 is 22.7 Å². The van der Waals surface area contributed by atoms with E-state index in [-0.39, 0.29) is 5.56 Å². The monoisotopic (exact) mass is 274 g/mol. The Bertz CT molecular complexity index is 419. The van der Waals surface area contributed by atoms with E-state index in [0.717, 1.165) is 0 Å². The molecule has 0 aliphatic rings. The summed E-state index contributed by atoms with van der Waals surface area (Å²) in [5.41, 5.74) is -0.718. The van der Waals surface area contributed by atoms with Gasteiger partial charge in [-0.25, -0.2) is 0 Å². The Kier molecular flexibility index (Phi) is 4.61. The number of benzene rings is 1. The van der Waals surface area contributed by atoms with Crippen molar-refractivity contribution in [2.24, 2.45) is 0 Å². The summed E-state index contributed by atoms with van der Waals surface area (Å²) in [4.78, 5) is 11.6. The van der Waals surface area contributed by atoms with Gasteiger partial charge in [-0.3, -0.25) is 4.79 Å². The normalized spacial score (nSPS) is 14.0. The summed E-state index contributed by atoms with van der Waals surface area (Å²) in [5, 5.41) is 0. The highest BCUT2D eigenvalue weighted by atomic mass is 19.4. The fourth-order valence-corrected chi connectivity index (χ4v) is 1.66. The molecule has 0 radical (unpaired) electrons. The molecule has 1 atom stereocenters. The molecular weight excluding hydrogens is 257 g/mol. The zero-order valence-corrected chi connectivity index (χ0v) is 11.1. The maximum absolute atomic E-state index is 13.0. The van der Waals surface area contributed by atoms with Crippen LogP contribution in [0.5, 0.6) is 0 Å². The van der Waals surface area contributed by atoms with E-state index in [2.05, 4.69) is 0 Å². The van der Waals surface area contributed by atoms with Crippen LogP contribution in [0.15, 0.2) is 30.3 Å². The van der Waals surface area contributed by atoms with E-state index in [0.29, 0.717) is 0 Å². The number of carbonyl (C=O) groups excluding carboxylic acids is 1. The first-order chi connectivity index (χ1) is 8.59. The molecule has 0 bridgehead atoms. The summed E-state index contributed by atoms with van der Waals surface area (Å²) in [7, 11) is 0. The molecule has 0 heterocycles. The van der Waals surface area contributed by atoms with Gasteiger partial charge >= 0.3 is 12.1 Å². The molecule has 1 aromatic carbocycles. The van der Waals surface area contributed by atoms with E-state index < -0.39 is 30.1 Å². The molecule has 0 spiro atoms. The van der Waals surface area contributed by atoms with Crippen LogP contribution < -0.4 is 0 Å². The van der Waals surface area contributed by atoms with E-state index in [9.17, 15) is 18.0 Å². The van der Waals surface area contributed by atoms with Gasteiger partial charge in [0, 0.05) is 0 Å². The Morgan fingerprint density at radius 2 is 1.68 bits per heavy atom. The molecule has 1 rings (SSSR count). The lowest BCUT2D eigenvalue weighted by Gasteiger charge is -2.24. The predicted octanol–water partition coefficient (Wildman–Crippen LogP) is 4.06. The van der Waals surface area contributed by atoms with Crippen LogP contribution in [0.4, 0.5) is 13.2 Å². The van der Waals surface area contributed by atoms with Crippen LogP contribution in [0.1, 0.15) is 38.7 Å². The SMILES string of the molecule is CC(C)(C)OC(=O)CC(c1ccccc1)C(F)(F)F. The van der Waals surface area contributed by atoms with E-state index in [4.69, 9.17) is 4.74 Å². The van der Waals surface area contributed by atoms with Gasteiger partial charge in [0.05, 0.1) is 12.3 Å². The van der Waals surface area contributed by atoms with E-state index in [1.54, 1.807) is 26.8 Å². The second-order valence-corrected chi connectivity index (χ2v) is 5.30. The molecule has 0 aromatic heterocycles. The molecule has 0 amide bonds. The molecule has 0 aliphatic carbocycles. The molecule has 5 heteroatoms. The van der Waals surface area contributed by atoms with Crippen molar-refractivity contribution in [1.29, 1.82) is 0 Å². The Morgan fingerprint density at radius 3 is 2.11 bits per heavy atom. The zero-order chi connectivity index (χ0) is 14.7. The van der Waals surface area contributed by atoms with E-state index in [1.165, 1.54) is 24.3 Å². The van der Waals surface area contributed by atoms with Gasteiger partial charge < -0.3 is 4.74 Å². The number of halogens is 3. The molecule has 0 saturated carbocycles. The van der Waals surface area contributed by atoms with Gasteiger partial charge in [-0.1, -0.05) is 30.3 Å². The number of esters is 1. The lowest BCUT2D eigenvalue weighted by molar-refractivity contribution is -0.172. The van der Waals surface area contributed by atoms with Crippen molar-refractivity contribution in [2.45, 2.75) is 44.9 Å². The standard InChI is InChI=1S/C14H17F3O2/c1-13(2,3)19-12(18)9-11(14(15,16)17)10-7-5-4-6-8-10/h4-8,11H,9H2,1-3H3. The Morgan fingerprint density at radius 1 is 1.16 bits per heavy atom. The summed E-state index contributed by atoms with van der Waals surface area (Å²) in [6.45, 7) is 4.86. The quantitative estimate of drug-likeness (QED) is 0.777. The summed E-state index contributed by atoms with van der Waals surface area (Å²) in [5.74, 6) is -2.68. The first kappa shape index (κ1) is 15.5. The van der Waals surface area contributed by atoms with Gasteiger partial charge in [0.25, 0.3) is 0 Å². The van der Waals surface area contributed by atoms with Crippen LogP contribution in [0, 0.1) is 0 Å². The number of hydrogen-bond acceptors (Lipinski definition) is 2. The molecule has 1 aromatic rings. The third-order valence-electron chi connectivity index (χ3n) is 2.39. The van der Waals surface area contributed by atoms with Gasteiger partial charge in [0.1, 0.15) is 5.60 Å². The second-order valence-electron chi connectivity index (χ2n) is 5.30. The smallest absolute Gasteiger partial charge is 0.396 e. The van der Waals surface area contributed by atoms with Crippen molar-refractivity contribution >= 4 is 5.97 Å². The minimum Gasteiger partial charge on any atom is -0.460 e. The van der Waals surface area contributed by atoms with Crippen LogP contribution in [-0.4, -0.2) is 17.7 Å². The van der Waals surface area contributed by atoms with Crippen LogP contribution in [0.2, 0.25) is 0 Å². The van der Waals surface area contributed by atoms with Crippen LogP contribution >= 0.6 is 0 Å². The van der Waals surface area contributed by atoms with Crippen molar-refractivity contribution in [2.75, 3.05) is 0 Å². The fourth-order valence-electron chi connectivity index (χ4n) is 1.66. The number of alkyl halides is 3. The third-order valence-corrected chi connectivity index (χ3v) is 2.39. The van der Waals surface area contributed by atoms with Crippen LogP contribution in [0.25, 0.3) is 0 Å². The molecule has 2 nitrogen and oxygen atoms in total. The van der Waals surface area contributed by atoms with E-state index in [1.807, 2.05) is 0 Å². The van der Waals surface area contributed by atoms with Crippen LogP contribution in [-0.2, 0) is 9.53 Å². The number of carbonyl (C=O) groups is 1. The molecule has 19 heavy (non-hydrogen) atoms. The maximum atomic E-state index is 13.0. The summed E-state index contributed by atoms with van der Waals surface area (Å²) >= 11 is 0. The van der Waals surface area contributed by atoms with Gasteiger partial charge in [-0.05, 0) is 26.3 Å². The molecule has 0 saturated heterocycles. The van der Waals surface area contributed by atoms with Gasteiger partial charge in [-0.2, -0.15) is 13.2 Å². The van der Waals surface area contributed by atoms with Crippen molar-refractivity contribution in [3.05, 3.63) is 35.9 Å². The lowest BCUT2D eigenvalue weighted by Crippen LogP contribution is -2.29. The summed E-state index contributed by atoms with van der Waals surface area (Å²) in [6, 6.07) is 7.39. The van der Waals surface area contributed by atoms with Crippen molar-refractivity contribution in [1.82, 2.24) is 0 Å². The van der Waals surface area contributed by atoms with Crippen molar-refractivity contribution in [3.63, 3.8) is 0 Å². The molecule has 0 aliphatic heterocycles. The number of hydrogen-bond donors (Lipinski definition) is 0.